The van der Waals surface area contributed by atoms with Crippen molar-refractivity contribution < 1.29 is 36.3 Å². The number of hydrogen-bond donors (Lipinski definition) is 4. The van der Waals surface area contributed by atoms with E-state index in [2.05, 4.69) is 16.0 Å². The van der Waals surface area contributed by atoms with Crippen LogP contribution < -0.4 is 26.6 Å². The van der Waals surface area contributed by atoms with Crippen LogP contribution in [0.2, 0.25) is 5.02 Å². The maximum absolute atomic E-state index is 14.8. The maximum atomic E-state index is 14.8. The number of nitrogens with one attached hydrogen (secondary N) is 3. The predicted molar refractivity (Wildman–Crippen MR) is 139 cm³/mol. The number of halogens is 6. The summed E-state index contributed by atoms with van der Waals surface area (Å²) in [5.74, 6) is -4.40. The van der Waals surface area contributed by atoms with Gasteiger partial charge in [0, 0.05) is 49.4 Å². The number of urea groups is 1. The minimum absolute atomic E-state index is 0.129. The second-order valence-electron chi connectivity index (χ2n) is 9.22. The van der Waals surface area contributed by atoms with Gasteiger partial charge in [-0.2, -0.15) is 13.2 Å². The summed E-state index contributed by atoms with van der Waals surface area (Å²) in [4.78, 5) is 38.8. The number of carbonyl (C=O) groups is 3. The molecule has 2 aromatic rings. The number of piperazine rings is 1. The Morgan fingerprint density at radius 3 is 2.45 bits per heavy atom. The molecule has 3 rings (SSSR count). The Kier molecular flexibility index (Phi) is 10.1. The summed E-state index contributed by atoms with van der Waals surface area (Å²) in [5.41, 5.74) is 4.78. The first kappa shape index (κ1) is 30.9. The van der Waals surface area contributed by atoms with E-state index in [1.54, 1.807) is 11.0 Å². The molecule has 0 spiro atoms. The lowest BCUT2D eigenvalue weighted by molar-refractivity contribution is -0.138. The lowest BCUT2D eigenvalue weighted by Gasteiger charge is -2.42. The highest BCUT2D eigenvalue weighted by Crippen LogP contribution is 2.33. The second kappa shape index (κ2) is 13.1. The van der Waals surface area contributed by atoms with Crippen LogP contribution in [-0.4, -0.2) is 67.7 Å². The lowest BCUT2D eigenvalue weighted by atomic mass is 10.1. The van der Waals surface area contributed by atoms with Crippen LogP contribution in [-0.2, 0) is 11.3 Å². The van der Waals surface area contributed by atoms with Gasteiger partial charge in [0.05, 0.1) is 29.9 Å². The number of anilines is 2. The molecule has 5 N–H and O–H groups in total. The summed E-state index contributed by atoms with van der Waals surface area (Å²) in [6.07, 6.45) is -5.17. The van der Waals surface area contributed by atoms with Gasteiger partial charge in [-0.15, -0.1) is 0 Å². The van der Waals surface area contributed by atoms with Gasteiger partial charge in [-0.1, -0.05) is 17.7 Å². The standard InChI is InChI=1S/C25H28ClF5N6O3/c1-14-13-36(7-6-25(29,30)31)8-9-37(14)19-10-16(26)3-5-18(19)35-23(39)17-4-2-15(21(27)22(17)28)11-33-20(38)12-34-24(32)40/h2-5,10,14H,6-9,11-13H2,1H3,(H,33,38)(H,35,39)(H3,32,34,40)/t14-/m1/s1. The highest BCUT2D eigenvalue weighted by molar-refractivity contribution is 6.31. The number of carbonyl (C=O) groups excluding carboxylic acids is 3. The molecule has 218 valence electrons. The van der Waals surface area contributed by atoms with Crippen molar-refractivity contribution in [3.63, 3.8) is 0 Å². The number of amides is 4. The predicted octanol–water partition coefficient (Wildman–Crippen LogP) is 3.62. The van der Waals surface area contributed by atoms with Crippen molar-refractivity contribution >= 4 is 40.8 Å². The number of hydrogen-bond acceptors (Lipinski definition) is 5. The molecule has 9 nitrogen and oxygen atoms in total. The molecule has 1 aliphatic heterocycles. The summed E-state index contributed by atoms with van der Waals surface area (Å²) in [5, 5.41) is 7.25. The summed E-state index contributed by atoms with van der Waals surface area (Å²) < 4.78 is 67.4. The molecule has 1 heterocycles. The van der Waals surface area contributed by atoms with Crippen LogP contribution in [0, 0.1) is 11.6 Å². The Bertz CT molecular complexity index is 1260. The Balaban J connectivity index is 1.71. The average Bonchev–Trinajstić information content (AvgIpc) is 2.87. The quantitative estimate of drug-likeness (QED) is 0.333. The number of nitrogens with two attached hydrogens (primary N) is 1. The fourth-order valence-corrected chi connectivity index (χ4v) is 4.41. The normalized spacial score (nSPS) is 16.0. The van der Waals surface area contributed by atoms with E-state index in [-0.39, 0.29) is 23.8 Å². The third-order valence-electron chi connectivity index (χ3n) is 6.25. The first-order chi connectivity index (χ1) is 18.7. The van der Waals surface area contributed by atoms with E-state index in [1.165, 1.54) is 12.1 Å². The molecule has 1 fully saturated rings. The fourth-order valence-electron chi connectivity index (χ4n) is 4.24. The summed E-state index contributed by atoms with van der Waals surface area (Å²) in [6.45, 7) is 1.87. The second-order valence-corrected chi connectivity index (χ2v) is 9.65. The lowest BCUT2D eigenvalue weighted by Crippen LogP contribution is -2.52. The van der Waals surface area contributed by atoms with Crippen molar-refractivity contribution in [2.75, 3.05) is 42.9 Å². The van der Waals surface area contributed by atoms with Crippen molar-refractivity contribution in [2.45, 2.75) is 32.1 Å². The van der Waals surface area contributed by atoms with Gasteiger partial charge in [0.25, 0.3) is 5.91 Å². The maximum Gasteiger partial charge on any atom is 0.390 e. The minimum atomic E-state index is -4.25. The van der Waals surface area contributed by atoms with Gasteiger partial charge in [-0.25, -0.2) is 13.6 Å². The highest BCUT2D eigenvalue weighted by atomic mass is 35.5. The van der Waals surface area contributed by atoms with E-state index < -0.39 is 60.7 Å². The topological polar surface area (TPSA) is 120 Å². The van der Waals surface area contributed by atoms with Crippen LogP contribution in [0.15, 0.2) is 30.3 Å². The SMILES string of the molecule is C[C@@H]1CN(CCC(F)(F)F)CCN1c1cc(Cl)ccc1NC(=O)c1ccc(CNC(=O)CNC(N)=O)c(F)c1F. The van der Waals surface area contributed by atoms with E-state index in [4.69, 9.17) is 17.3 Å². The van der Waals surface area contributed by atoms with E-state index in [1.807, 2.05) is 11.8 Å². The van der Waals surface area contributed by atoms with Gasteiger partial charge >= 0.3 is 12.2 Å². The first-order valence-corrected chi connectivity index (χ1v) is 12.6. The Morgan fingerprint density at radius 2 is 1.80 bits per heavy atom. The van der Waals surface area contributed by atoms with Gasteiger partial charge in [0.15, 0.2) is 11.6 Å². The van der Waals surface area contributed by atoms with Gasteiger partial charge in [0.1, 0.15) is 0 Å². The van der Waals surface area contributed by atoms with Crippen LogP contribution in [0.1, 0.15) is 29.3 Å². The van der Waals surface area contributed by atoms with Crippen molar-refractivity contribution in [3.8, 4) is 0 Å². The van der Waals surface area contributed by atoms with Gasteiger partial charge in [0.2, 0.25) is 5.91 Å². The average molecular weight is 591 g/mol. The Morgan fingerprint density at radius 1 is 1.07 bits per heavy atom. The molecule has 0 saturated carbocycles. The molecular formula is C25H28ClF5N6O3. The van der Waals surface area contributed by atoms with Crippen molar-refractivity contribution in [1.29, 1.82) is 0 Å². The minimum Gasteiger partial charge on any atom is -0.365 e. The molecule has 15 heteroatoms. The van der Waals surface area contributed by atoms with Gasteiger partial charge in [-0.3, -0.25) is 14.5 Å². The van der Waals surface area contributed by atoms with E-state index in [0.717, 1.165) is 12.1 Å². The first-order valence-electron chi connectivity index (χ1n) is 12.2. The number of rotatable bonds is 9. The van der Waals surface area contributed by atoms with Crippen LogP contribution in [0.25, 0.3) is 0 Å². The van der Waals surface area contributed by atoms with Gasteiger partial charge < -0.3 is 26.6 Å². The highest BCUT2D eigenvalue weighted by Gasteiger charge is 2.31. The van der Waals surface area contributed by atoms with Crippen molar-refractivity contribution in [1.82, 2.24) is 15.5 Å². The molecule has 0 aliphatic carbocycles. The molecule has 0 bridgehead atoms. The summed E-state index contributed by atoms with van der Waals surface area (Å²) >= 11 is 6.18. The molecule has 0 unspecified atom stereocenters. The Hall–Kier alpha value is -3.65. The fraction of sp³-hybridized carbons (Fsp3) is 0.400. The number of nitrogens with zero attached hydrogens (tertiary/aromatic N) is 2. The third kappa shape index (κ3) is 8.42. The summed E-state index contributed by atoms with van der Waals surface area (Å²) in [7, 11) is 0. The molecule has 1 saturated heterocycles. The van der Waals surface area contributed by atoms with Crippen LogP contribution in [0.5, 0.6) is 0 Å². The molecular weight excluding hydrogens is 563 g/mol. The van der Waals surface area contributed by atoms with Gasteiger partial charge in [-0.05, 0) is 31.2 Å². The molecule has 0 radical (unpaired) electrons. The molecule has 1 aliphatic rings. The number of alkyl halides is 3. The zero-order chi connectivity index (χ0) is 29.6. The van der Waals surface area contributed by atoms with Crippen LogP contribution in [0.4, 0.5) is 38.1 Å². The van der Waals surface area contributed by atoms with Crippen molar-refractivity contribution in [3.05, 3.63) is 58.1 Å². The Labute approximate surface area is 231 Å². The smallest absolute Gasteiger partial charge is 0.365 e. The third-order valence-corrected chi connectivity index (χ3v) is 6.48. The molecule has 40 heavy (non-hydrogen) atoms. The number of benzene rings is 2. The summed E-state index contributed by atoms with van der Waals surface area (Å²) in [6, 6.07) is 5.61. The molecule has 0 aromatic heterocycles. The molecule has 1 atom stereocenters. The van der Waals surface area contributed by atoms with E-state index in [0.29, 0.717) is 30.3 Å². The van der Waals surface area contributed by atoms with Crippen LogP contribution >= 0.6 is 11.6 Å². The molecule has 4 amide bonds. The van der Waals surface area contributed by atoms with Crippen LogP contribution in [0.3, 0.4) is 0 Å². The van der Waals surface area contributed by atoms with E-state index in [9.17, 15) is 36.3 Å². The number of primary amides is 1. The van der Waals surface area contributed by atoms with E-state index >= 15 is 0 Å². The monoisotopic (exact) mass is 590 g/mol. The zero-order valence-corrected chi connectivity index (χ0v) is 22.1. The van der Waals surface area contributed by atoms with Crippen molar-refractivity contribution in [2.24, 2.45) is 5.73 Å². The largest absolute Gasteiger partial charge is 0.390 e. The molecule has 2 aromatic carbocycles. The zero-order valence-electron chi connectivity index (χ0n) is 21.4.